The average molecular weight is 205 g/mol. The fraction of sp³-hybridized carbons (Fsp3) is 0.929. The Morgan fingerprint density at radius 2 is 1.73 bits per heavy atom. The third-order valence-corrected chi connectivity index (χ3v) is 4.96. The molecule has 1 heteroatoms. The highest BCUT2D eigenvalue weighted by molar-refractivity contribution is 5.08. The third-order valence-electron chi connectivity index (χ3n) is 4.96. The molecular formula is C14H23N. The standard InChI is InChI=1S/C14H23N/c1-11(2)12-4-6-13(7-5-12)14(10-15)8-3-9-14/h11-13H,3-9H2,1-2H3. The van der Waals surface area contributed by atoms with Crippen LogP contribution in [-0.4, -0.2) is 0 Å². The molecule has 2 rings (SSSR count). The lowest BCUT2D eigenvalue weighted by atomic mass is 9.57. The van der Waals surface area contributed by atoms with Crippen LogP contribution in [0.25, 0.3) is 0 Å². The Morgan fingerprint density at radius 3 is 2.07 bits per heavy atom. The lowest BCUT2D eigenvalue weighted by Crippen LogP contribution is -2.38. The monoisotopic (exact) mass is 205 g/mol. The van der Waals surface area contributed by atoms with E-state index < -0.39 is 0 Å². The molecule has 0 unspecified atom stereocenters. The quantitative estimate of drug-likeness (QED) is 0.664. The van der Waals surface area contributed by atoms with E-state index in [1.54, 1.807) is 0 Å². The highest BCUT2D eigenvalue weighted by Gasteiger charge is 2.45. The van der Waals surface area contributed by atoms with Gasteiger partial charge in [-0.25, -0.2) is 0 Å². The van der Waals surface area contributed by atoms with Crippen LogP contribution in [0.5, 0.6) is 0 Å². The first-order chi connectivity index (χ1) is 7.18. The zero-order valence-corrected chi connectivity index (χ0v) is 10.1. The van der Waals surface area contributed by atoms with Crippen molar-refractivity contribution in [2.24, 2.45) is 23.2 Å². The predicted octanol–water partition coefficient (Wildman–Crippen LogP) is 4.14. The van der Waals surface area contributed by atoms with E-state index in [1.165, 1.54) is 44.9 Å². The maximum Gasteiger partial charge on any atom is 0.0692 e. The molecule has 0 atom stereocenters. The van der Waals surface area contributed by atoms with E-state index in [0.717, 1.165) is 17.8 Å². The SMILES string of the molecule is CC(C)C1CCC(C2(C#N)CCC2)CC1. The average Bonchev–Trinajstić information content (AvgIpc) is 2.18. The molecule has 0 N–H and O–H groups in total. The summed E-state index contributed by atoms with van der Waals surface area (Å²) >= 11 is 0. The van der Waals surface area contributed by atoms with Crippen LogP contribution in [-0.2, 0) is 0 Å². The maximum absolute atomic E-state index is 9.31. The molecule has 84 valence electrons. The Bertz CT molecular complexity index is 249. The molecule has 1 nitrogen and oxygen atoms in total. The predicted molar refractivity (Wildman–Crippen MR) is 62.2 cm³/mol. The number of nitrogens with zero attached hydrogens (tertiary/aromatic N) is 1. The summed E-state index contributed by atoms with van der Waals surface area (Å²) in [4.78, 5) is 0. The van der Waals surface area contributed by atoms with Gasteiger partial charge in [0.05, 0.1) is 11.5 Å². The summed E-state index contributed by atoms with van der Waals surface area (Å²) in [5.74, 6) is 2.49. The summed E-state index contributed by atoms with van der Waals surface area (Å²) in [5, 5.41) is 9.31. The lowest BCUT2D eigenvalue weighted by Gasteiger charge is -2.45. The minimum atomic E-state index is 0.113. The molecule has 0 aromatic rings. The molecule has 0 saturated heterocycles. The number of rotatable bonds is 2. The molecule has 2 aliphatic carbocycles. The smallest absolute Gasteiger partial charge is 0.0692 e. The summed E-state index contributed by atoms with van der Waals surface area (Å²) in [7, 11) is 0. The van der Waals surface area contributed by atoms with Gasteiger partial charge < -0.3 is 0 Å². The van der Waals surface area contributed by atoms with Crippen LogP contribution in [0.2, 0.25) is 0 Å². The Hall–Kier alpha value is -0.510. The van der Waals surface area contributed by atoms with Crippen molar-refractivity contribution in [3.05, 3.63) is 0 Å². The zero-order chi connectivity index (χ0) is 10.9. The highest BCUT2D eigenvalue weighted by Crippen LogP contribution is 2.52. The Balaban J connectivity index is 1.91. The van der Waals surface area contributed by atoms with Crippen molar-refractivity contribution in [2.45, 2.75) is 58.8 Å². The van der Waals surface area contributed by atoms with Gasteiger partial charge in [0, 0.05) is 0 Å². The molecule has 0 aromatic carbocycles. The molecule has 0 heterocycles. The fourth-order valence-corrected chi connectivity index (χ4v) is 3.51. The minimum Gasteiger partial charge on any atom is -0.198 e. The van der Waals surface area contributed by atoms with Crippen LogP contribution >= 0.6 is 0 Å². The maximum atomic E-state index is 9.31. The number of hydrogen-bond donors (Lipinski definition) is 0. The summed E-state index contributed by atoms with van der Waals surface area (Å²) in [6.07, 6.45) is 9.02. The van der Waals surface area contributed by atoms with Gasteiger partial charge >= 0.3 is 0 Å². The van der Waals surface area contributed by atoms with Crippen LogP contribution in [0, 0.1) is 34.5 Å². The van der Waals surface area contributed by atoms with E-state index in [1.807, 2.05) is 0 Å². The largest absolute Gasteiger partial charge is 0.198 e. The number of nitriles is 1. The van der Waals surface area contributed by atoms with Gasteiger partial charge in [-0.15, -0.1) is 0 Å². The molecule has 2 fully saturated rings. The Labute approximate surface area is 93.9 Å². The van der Waals surface area contributed by atoms with E-state index in [0.29, 0.717) is 0 Å². The second-order valence-corrected chi connectivity index (χ2v) is 5.98. The normalized spacial score (nSPS) is 34.5. The summed E-state index contributed by atoms with van der Waals surface area (Å²) in [5.41, 5.74) is 0.113. The highest BCUT2D eigenvalue weighted by atomic mass is 14.5. The molecule has 15 heavy (non-hydrogen) atoms. The minimum absolute atomic E-state index is 0.113. The van der Waals surface area contributed by atoms with Gasteiger partial charge in [-0.3, -0.25) is 0 Å². The molecule has 0 aromatic heterocycles. The molecular weight excluding hydrogens is 182 g/mol. The number of hydrogen-bond acceptors (Lipinski definition) is 1. The van der Waals surface area contributed by atoms with E-state index in [4.69, 9.17) is 0 Å². The molecule has 2 aliphatic rings. The van der Waals surface area contributed by atoms with E-state index >= 15 is 0 Å². The molecule has 0 aliphatic heterocycles. The third kappa shape index (κ3) is 1.92. The lowest BCUT2D eigenvalue weighted by molar-refractivity contribution is 0.0647. The Morgan fingerprint density at radius 1 is 1.13 bits per heavy atom. The van der Waals surface area contributed by atoms with Crippen LogP contribution in [0.1, 0.15) is 58.8 Å². The van der Waals surface area contributed by atoms with Crippen molar-refractivity contribution < 1.29 is 0 Å². The summed E-state index contributed by atoms with van der Waals surface area (Å²) in [6, 6.07) is 2.63. The summed E-state index contributed by atoms with van der Waals surface area (Å²) < 4.78 is 0. The van der Waals surface area contributed by atoms with Crippen molar-refractivity contribution in [3.63, 3.8) is 0 Å². The van der Waals surface area contributed by atoms with Gasteiger partial charge in [0.25, 0.3) is 0 Å². The first-order valence-corrected chi connectivity index (χ1v) is 6.59. The molecule has 0 bridgehead atoms. The van der Waals surface area contributed by atoms with Gasteiger partial charge in [0.1, 0.15) is 0 Å². The molecule has 0 amide bonds. The topological polar surface area (TPSA) is 23.8 Å². The van der Waals surface area contributed by atoms with E-state index in [-0.39, 0.29) is 5.41 Å². The van der Waals surface area contributed by atoms with Crippen molar-refractivity contribution in [1.29, 1.82) is 5.26 Å². The first-order valence-electron chi connectivity index (χ1n) is 6.59. The van der Waals surface area contributed by atoms with Crippen molar-refractivity contribution in [2.75, 3.05) is 0 Å². The fourth-order valence-electron chi connectivity index (χ4n) is 3.51. The van der Waals surface area contributed by atoms with Crippen molar-refractivity contribution >= 4 is 0 Å². The van der Waals surface area contributed by atoms with Gasteiger partial charge in [-0.1, -0.05) is 20.3 Å². The van der Waals surface area contributed by atoms with E-state index in [9.17, 15) is 5.26 Å². The van der Waals surface area contributed by atoms with Crippen molar-refractivity contribution in [1.82, 2.24) is 0 Å². The van der Waals surface area contributed by atoms with Gasteiger partial charge in [-0.05, 0) is 56.3 Å². The molecule has 2 saturated carbocycles. The first kappa shape index (κ1) is 11.0. The van der Waals surface area contributed by atoms with Gasteiger partial charge in [0.2, 0.25) is 0 Å². The van der Waals surface area contributed by atoms with Crippen LogP contribution in [0.15, 0.2) is 0 Å². The molecule has 0 radical (unpaired) electrons. The molecule has 0 spiro atoms. The Kier molecular flexibility index (Phi) is 3.05. The van der Waals surface area contributed by atoms with Crippen molar-refractivity contribution in [3.8, 4) is 6.07 Å². The zero-order valence-electron chi connectivity index (χ0n) is 10.1. The van der Waals surface area contributed by atoms with Crippen LogP contribution in [0.3, 0.4) is 0 Å². The van der Waals surface area contributed by atoms with Gasteiger partial charge in [0.15, 0.2) is 0 Å². The summed E-state index contributed by atoms with van der Waals surface area (Å²) in [6.45, 7) is 4.68. The van der Waals surface area contributed by atoms with Gasteiger partial charge in [-0.2, -0.15) is 5.26 Å². The second kappa shape index (κ2) is 4.16. The van der Waals surface area contributed by atoms with Crippen LogP contribution in [0.4, 0.5) is 0 Å². The van der Waals surface area contributed by atoms with Crippen LogP contribution < -0.4 is 0 Å². The van der Waals surface area contributed by atoms with E-state index in [2.05, 4.69) is 19.9 Å². The second-order valence-electron chi connectivity index (χ2n) is 5.98.